The monoisotopic (exact) mass is 122 g/mol. The van der Waals surface area contributed by atoms with Gasteiger partial charge in [0.1, 0.15) is 0 Å². The summed E-state index contributed by atoms with van der Waals surface area (Å²) in [5.41, 5.74) is 0.300. The first-order valence-electron chi connectivity index (χ1n) is 3.54. The van der Waals surface area contributed by atoms with Crippen LogP contribution in [-0.2, 0) is 0 Å². The number of hydrogen-bond acceptors (Lipinski definition) is 2. The van der Waals surface area contributed by atoms with Gasteiger partial charge in [-0.05, 0) is 31.6 Å². The van der Waals surface area contributed by atoms with Gasteiger partial charge in [-0.3, -0.25) is 0 Å². The molecule has 2 aliphatic carbocycles. The van der Waals surface area contributed by atoms with Crippen LogP contribution in [0, 0.1) is 17.4 Å². The molecule has 0 radical (unpaired) electrons. The van der Waals surface area contributed by atoms with Crippen LogP contribution in [0.25, 0.3) is 0 Å². The summed E-state index contributed by atoms with van der Waals surface area (Å²) in [6, 6.07) is 0. The van der Waals surface area contributed by atoms with Gasteiger partial charge in [-0.15, -0.1) is 0 Å². The number of hydrogen-bond donors (Lipinski definition) is 1. The molecule has 0 unspecified atom stereocenters. The summed E-state index contributed by atoms with van der Waals surface area (Å²) in [6.45, 7) is 0. The molecule has 0 aromatic rings. The van der Waals surface area contributed by atoms with Gasteiger partial charge in [0.15, 0.2) is 6.19 Å². The normalized spacial score (nSPS) is 28.8. The van der Waals surface area contributed by atoms with Crippen molar-refractivity contribution in [2.75, 3.05) is 0 Å². The number of nitriles is 1. The van der Waals surface area contributed by atoms with Crippen molar-refractivity contribution in [2.45, 2.75) is 31.2 Å². The van der Waals surface area contributed by atoms with Crippen molar-refractivity contribution in [3.05, 3.63) is 0 Å². The van der Waals surface area contributed by atoms with Crippen molar-refractivity contribution in [2.24, 2.45) is 5.92 Å². The van der Waals surface area contributed by atoms with Gasteiger partial charge in [0.05, 0.1) is 0 Å². The largest absolute Gasteiger partial charge is 0.317 e. The van der Waals surface area contributed by atoms with Gasteiger partial charge in [-0.2, -0.15) is 5.26 Å². The van der Waals surface area contributed by atoms with E-state index in [9.17, 15) is 0 Å². The molecule has 0 aromatic heterocycles. The van der Waals surface area contributed by atoms with Crippen molar-refractivity contribution < 1.29 is 0 Å². The average Bonchev–Trinajstić information content (AvgIpc) is 2.61. The highest BCUT2D eigenvalue weighted by atomic mass is 15.0. The van der Waals surface area contributed by atoms with E-state index in [2.05, 4.69) is 5.32 Å². The summed E-state index contributed by atoms with van der Waals surface area (Å²) < 4.78 is 0. The lowest BCUT2D eigenvalue weighted by atomic mass is 10.1. The van der Waals surface area contributed by atoms with E-state index in [1.807, 2.05) is 6.19 Å². The Morgan fingerprint density at radius 1 is 1.44 bits per heavy atom. The van der Waals surface area contributed by atoms with Gasteiger partial charge in [0.25, 0.3) is 0 Å². The molecule has 0 amide bonds. The molecule has 2 fully saturated rings. The van der Waals surface area contributed by atoms with E-state index in [0.717, 1.165) is 5.92 Å². The standard InChI is InChI=1S/C7H10N2/c8-5-9-7(3-4-7)6-1-2-6/h6,9H,1-4H2. The maximum atomic E-state index is 8.36. The second kappa shape index (κ2) is 1.41. The lowest BCUT2D eigenvalue weighted by molar-refractivity contribution is 0.515. The van der Waals surface area contributed by atoms with E-state index in [1.165, 1.54) is 25.7 Å². The lowest BCUT2D eigenvalue weighted by Gasteiger charge is -2.09. The highest BCUT2D eigenvalue weighted by Crippen LogP contribution is 2.53. The quantitative estimate of drug-likeness (QED) is 0.438. The zero-order valence-electron chi connectivity index (χ0n) is 5.35. The van der Waals surface area contributed by atoms with Gasteiger partial charge in [0.2, 0.25) is 0 Å². The number of nitrogens with one attached hydrogen (secondary N) is 1. The third kappa shape index (κ3) is 0.682. The fourth-order valence-electron chi connectivity index (χ4n) is 1.52. The molecule has 0 bridgehead atoms. The fourth-order valence-corrected chi connectivity index (χ4v) is 1.52. The Kier molecular flexibility index (Phi) is 0.801. The van der Waals surface area contributed by atoms with Crippen molar-refractivity contribution in [3.8, 4) is 6.19 Å². The first kappa shape index (κ1) is 5.10. The van der Waals surface area contributed by atoms with Crippen molar-refractivity contribution >= 4 is 0 Å². The minimum absolute atomic E-state index is 0.300. The second-order valence-electron chi connectivity index (χ2n) is 3.17. The molecule has 2 saturated carbocycles. The Morgan fingerprint density at radius 2 is 2.11 bits per heavy atom. The lowest BCUT2D eigenvalue weighted by Crippen LogP contribution is -2.28. The van der Waals surface area contributed by atoms with E-state index >= 15 is 0 Å². The zero-order valence-corrected chi connectivity index (χ0v) is 5.35. The third-order valence-corrected chi connectivity index (χ3v) is 2.45. The molecule has 48 valence electrons. The van der Waals surface area contributed by atoms with Crippen LogP contribution in [0.4, 0.5) is 0 Å². The van der Waals surface area contributed by atoms with Crippen LogP contribution in [0.2, 0.25) is 0 Å². The van der Waals surface area contributed by atoms with Crippen LogP contribution in [0.1, 0.15) is 25.7 Å². The van der Waals surface area contributed by atoms with Crippen LogP contribution < -0.4 is 5.32 Å². The number of rotatable bonds is 2. The van der Waals surface area contributed by atoms with Crippen LogP contribution >= 0.6 is 0 Å². The molecule has 1 N–H and O–H groups in total. The predicted octanol–water partition coefficient (Wildman–Crippen LogP) is 1.000. The summed E-state index contributed by atoms with van der Waals surface area (Å²) >= 11 is 0. The van der Waals surface area contributed by atoms with E-state index in [0.29, 0.717) is 5.54 Å². The van der Waals surface area contributed by atoms with Gasteiger partial charge in [-0.1, -0.05) is 0 Å². The SMILES string of the molecule is N#CNC1(C2CC2)CC1. The summed E-state index contributed by atoms with van der Waals surface area (Å²) in [5, 5.41) is 11.3. The number of nitrogens with zero attached hydrogens (tertiary/aromatic N) is 1. The first-order chi connectivity index (χ1) is 4.37. The molecule has 0 heterocycles. The highest BCUT2D eigenvalue weighted by Gasteiger charge is 2.53. The second-order valence-corrected chi connectivity index (χ2v) is 3.17. The van der Waals surface area contributed by atoms with E-state index in [1.54, 1.807) is 0 Å². The Labute approximate surface area is 54.9 Å². The Bertz CT molecular complexity index is 160. The average molecular weight is 122 g/mol. The maximum Gasteiger partial charge on any atom is 0.177 e. The van der Waals surface area contributed by atoms with Crippen LogP contribution in [0.5, 0.6) is 0 Å². The summed E-state index contributed by atoms with van der Waals surface area (Å²) in [5.74, 6) is 0.845. The van der Waals surface area contributed by atoms with Crippen LogP contribution in [0.3, 0.4) is 0 Å². The first-order valence-corrected chi connectivity index (χ1v) is 3.54. The molecule has 0 aliphatic heterocycles. The van der Waals surface area contributed by atoms with Gasteiger partial charge < -0.3 is 5.32 Å². The summed E-state index contributed by atoms with van der Waals surface area (Å²) in [6.07, 6.45) is 7.18. The van der Waals surface area contributed by atoms with Gasteiger partial charge in [-0.25, -0.2) is 0 Å². The maximum absolute atomic E-state index is 8.36. The molecule has 2 aliphatic rings. The molecule has 0 spiro atoms. The van der Waals surface area contributed by atoms with E-state index in [4.69, 9.17) is 5.26 Å². The topological polar surface area (TPSA) is 35.8 Å². The highest BCUT2D eigenvalue weighted by molar-refractivity contribution is 5.13. The van der Waals surface area contributed by atoms with Crippen molar-refractivity contribution in [3.63, 3.8) is 0 Å². The minimum atomic E-state index is 0.300. The van der Waals surface area contributed by atoms with Crippen LogP contribution in [0.15, 0.2) is 0 Å². The minimum Gasteiger partial charge on any atom is -0.317 e. The smallest absolute Gasteiger partial charge is 0.177 e. The van der Waals surface area contributed by atoms with Crippen molar-refractivity contribution in [1.29, 1.82) is 5.26 Å². The summed E-state index contributed by atoms with van der Waals surface area (Å²) in [7, 11) is 0. The van der Waals surface area contributed by atoms with Crippen molar-refractivity contribution in [1.82, 2.24) is 5.32 Å². The molecule has 2 rings (SSSR count). The predicted molar refractivity (Wildman–Crippen MR) is 33.4 cm³/mol. The molecule has 2 nitrogen and oxygen atoms in total. The third-order valence-electron chi connectivity index (χ3n) is 2.45. The molecule has 0 atom stereocenters. The fraction of sp³-hybridized carbons (Fsp3) is 0.857. The molecule has 2 heteroatoms. The van der Waals surface area contributed by atoms with Gasteiger partial charge >= 0.3 is 0 Å². The zero-order chi connectivity index (χ0) is 6.32. The molecule has 0 saturated heterocycles. The summed E-state index contributed by atoms with van der Waals surface area (Å²) in [4.78, 5) is 0. The van der Waals surface area contributed by atoms with Gasteiger partial charge in [0, 0.05) is 5.54 Å². The Balaban J connectivity index is 1.98. The van der Waals surface area contributed by atoms with E-state index in [-0.39, 0.29) is 0 Å². The molecular weight excluding hydrogens is 112 g/mol. The Hall–Kier alpha value is -0.710. The molecule has 0 aromatic carbocycles. The van der Waals surface area contributed by atoms with E-state index < -0.39 is 0 Å². The van der Waals surface area contributed by atoms with Crippen LogP contribution in [-0.4, -0.2) is 5.54 Å². The Morgan fingerprint density at radius 3 is 2.44 bits per heavy atom. The molecule has 9 heavy (non-hydrogen) atoms. The molecular formula is C7H10N2.